The lowest BCUT2D eigenvalue weighted by Crippen LogP contribution is -2.19. The molecule has 0 fully saturated rings. The summed E-state index contributed by atoms with van der Waals surface area (Å²) in [6, 6.07) is 0. The number of aromatic nitrogens is 2. The molecular formula is C13H23BrN2. The van der Waals surface area contributed by atoms with Crippen molar-refractivity contribution in [2.24, 2.45) is 11.8 Å². The number of aryl methyl sites for hydroxylation is 1. The van der Waals surface area contributed by atoms with E-state index in [-0.39, 0.29) is 0 Å². The molecule has 0 N–H and O–H groups in total. The molecule has 0 saturated heterocycles. The van der Waals surface area contributed by atoms with Gasteiger partial charge in [0.15, 0.2) is 0 Å². The summed E-state index contributed by atoms with van der Waals surface area (Å²) in [6.45, 7) is 12.1. The standard InChI is InChI=1S/C13H23BrN2/c1-6-13-10(4)15-16(11(13)5)8-12(7-14)9(2)3/h9,12H,6-8H2,1-5H3. The Morgan fingerprint density at radius 3 is 2.31 bits per heavy atom. The van der Waals surface area contributed by atoms with Crippen LogP contribution in [0.25, 0.3) is 0 Å². The van der Waals surface area contributed by atoms with Crippen LogP contribution in [0, 0.1) is 25.7 Å². The zero-order valence-corrected chi connectivity index (χ0v) is 12.6. The van der Waals surface area contributed by atoms with Gasteiger partial charge < -0.3 is 0 Å². The van der Waals surface area contributed by atoms with E-state index in [4.69, 9.17) is 0 Å². The van der Waals surface area contributed by atoms with Crippen molar-refractivity contribution in [3.63, 3.8) is 0 Å². The third kappa shape index (κ3) is 2.88. The Kier molecular flexibility index (Phi) is 5.03. The largest absolute Gasteiger partial charge is 0.269 e. The average molecular weight is 287 g/mol. The molecule has 0 bridgehead atoms. The summed E-state index contributed by atoms with van der Waals surface area (Å²) >= 11 is 3.60. The van der Waals surface area contributed by atoms with Crippen LogP contribution in [0.15, 0.2) is 0 Å². The molecule has 16 heavy (non-hydrogen) atoms. The second kappa shape index (κ2) is 5.85. The lowest BCUT2D eigenvalue weighted by atomic mass is 9.98. The predicted molar refractivity (Wildman–Crippen MR) is 73.2 cm³/mol. The second-order valence-electron chi connectivity index (χ2n) is 4.84. The quantitative estimate of drug-likeness (QED) is 0.754. The molecule has 1 unspecified atom stereocenters. The Morgan fingerprint density at radius 2 is 1.94 bits per heavy atom. The minimum absolute atomic E-state index is 0.655. The molecule has 3 heteroatoms. The zero-order valence-electron chi connectivity index (χ0n) is 11.0. The molecule has 92 valence electrons. The van der Waals surface area contributed by atoms with Crippen LogP contribution in [0.1, 0.15) is 37.7 Å². The van der Waals surface area contributed by atoms with Crippen LogP contribution in [0.5, 0.6) is 0 Å². The maximum Gasteiger partial charge on any atom is 0.0628 e. The van der Waals surface area contributed by atoms with Crippen molar-refractivity contribution in [2.45, 2.75) is 47.6 Å². The van der Waals surface area contributed by atoms with Gasteiger partial charge in [-0.3, -0.25) is 4.68 Å². The Morgan fingerprint density at radius 1 is 1.31 bits per heavy atom. The van der Waals surface area contributed by atoms with Crippen LogP contribution < -0.4 is 0 Å². The van der Waals surface area contributed by atoms with Gasteiger partial charge >= 0.3 is 0 Å². The van der Waals surface area contributed by atoms with E-state index in [9.17, 15) is 0 Å². The maximum absolute atomic E-state index is 4.65. The summed E-state index contributed by atoms with van der Waals surface area (Å²) in [5, 5.41) is 5.69. The Balaban J connectivity index is 2.89. The molecule has 0 aromatic carbocycles. The molecule has 1 aromatic rings. The normalized spacial score (nSPS) is 13.4. The first-order chi connectivity index (χ1) is 7.51. The fraction of sp³-hybridized carbons (Fsp3) is 0.769. The summed E-state index contributed by atoms with van der Waals surface area (Å²) in [7, 11) is 0. The van der Waals surface area contributed by atoms with E-state index in [0.29, 0.717) is 11.8 Å². The fourth-order valence-corrected chi connectivity index (χ4v) is 3.04. The fourth-order valence-electron chi connectivity index (χ4n) is 2.08. The molecule has 0 saturated carbocycles. The molecule has 0 spiro atoms. The first-order valence-electron chi connectivity index (χ1n) is 6.10. The molecule has 0 aliphatic heterocycles. The number of nitrogens with zero attached hydrogens (tertiary/aromatic N) is 2. The summed E-state index contributed by atoms with van der Waals surface area (Å²) in [4.78, 5) is 0. The minimum atomic E-state index is 0.655. The topological polar surface area (TPSA) is 17.8 Å². The number of hydrogen-bond donors (Lipinski definition) is 0. The highest BCUT2D eigenvalue weighted by Gasteiger charge is 2.16. The Hall–Kier alpha value is -0.310. The van der Waals surface area contributed by atoms with Crippen LogP contribution >= 0.6 is 15.9 Å². The maximum atomic E-state index is 4.65. The average Bonchev–Trinajstić information content (AvgIpc) is 2.49. The number of alkyl halides is 1. The molecule has 0 aliphatic carbocycles. The number of halogens is 1. The molecule has 1 heterocycles. The van der Waals surface area contributed by atoms with E-state index in [1.807, 2.05) is 0 Å². The lowest BCUT2D eigenvalue weighted by molar-refractivity contribution is 0.352. The van der Waals surface area contributed by atoms with Gasteiger partial charge in [0.1, 0.15) is 0 Å². The van der Waals surface area contributed by atoms with Crippen molar-refractivity contribution < 1.29 is 0 Å². The van der Waals surface area contributed by atoms with Crippen LogP contribution in [-0.4, -0.2) is 15.1 Å². The van der Waals surface area contributed by atoms with Crippen LogP contribution in [0.3, 0.4) is 0 Å². The summed E-state index contributed by atoms with van der Waals surface area (Å²) in [5.41, 5.74) is 3.95. The molecular weight excluding hydrogens is 264 g/mol. The van der Waals surface area contributed by atoms with Crippen molar-refractivity contribution in [3.8, 4) is 0 Å². The van der Waals surface area contributed by atoms with Crippen molar-refractivity contribution >= 4 is 15.9 Å². The van der Waals surface area contributed by atoms with Crippen LogP contribution in [0.4, 0.5) is 0 Å². The lowest BCUT2D eigenvalue weighted by Gasteiger charge is -2.19. The van der Waals surface area contributed by atoms with Gasteiger partial charge in [0.2, 0.25) is 0 Å². The first-order valence-corrected chi connectivity index (χ1v) is 7.22. The van der Waals surface area contributed by atoms with Gasteiger partial charge in [-0.05, 0) is 37.7 Å². The van der Waals surface area contributed by atoms with E-state index in [0.717, 1.165) is 18.3 Å². The first kappa shape index (κ1) is 13.8. The number of rotatable bonds is 5. The molecule has 0 amide bonds. The highest BCUT2D eigenvalue weighted by Crippen LogP contribution is 2.19. The van der Waals surface area contributed by atoms with Gasteiger partial charge in [-0.1, -0.05) is 36.7 Å². The summed E-state index contributed by atoms with van der Waals surface area (Å²) in [5.74, 6) is 1.34. The van der Waals surface area contributed by atoms with E-state index >= 15 is 0 Å². The third-order valence-corrected chi connectivity index (χ3v) is 4.27. The van der Waals surface area contributed by atoms with Gasteiger partial charge in [0.25, 0.3) is 0 Å². The highest BCUT2D eigenvalue weighted by molar-refractivity contribution is 9.09. The SMILES string of the molecule is CCc1c(C)nn(CC(CBr)C(C)C)c1C. The number of hydrogen-bond acceptors (Lipinski definition) is 1. The van der Waals surface area contributed by atoms with E-state index in [1.165, 1.54) is 17.0 Å². The van der Waals surface area contributed by atoms with Crippen molar-refractivity contribution in [1.29, 1.82) is 0 Å². The third-order valence-electron chi connectivity index (χ3n) is 3.43. The summed E-state index contributed by atoms with van der Waals surface area (Å²) < 4.78 is 2.18. The molecule has 1 atom stereocenters. The van der Waals surface area contributed by atoms with E-state index in [2.05, 4.69) is 60.3 Å². The van der Waals surface area contributed by atoms with Gasteiger partial charge in [-0.2, -0.15) is 5.10 Å². The van der Waals surface area contributed by atoms with Crippen molar-refractivity contribution in [3.05, 3.63) is 17.0 Å². The van der Waals surface area contributed by atoms with Gasteiger partial charge in [0, 0.05) is 17.6 Å². The smallest absolute Gasteiger partial charge is 0.0628 e. The molecule has 0 aliphatic rings. The van der Waals surface area contributed by atoms with E-state index < -0.39 is 0 Å². The van der Waals surface area contributed by atoms with Gasteiger partial charge in [-0.25, -0.2) is 0 Å². The Bertz CT molecular complexity index is 342. The molecule has 0 radical (unpaired) electrons. The van der Waals surface area contributed by atoms with Crippen molar-refractivity contribution in [1.82, 2.24) is 9.78 Å². The molecule has 1 aromatic heterocycles. The summed E-state index contributed by atoms with van der Waals surface area (Å²) in [6.07, 6.45) is 1.08. The molecule has 1 rings (SSSR count). The van der Waals surface area contributed by atoms with Crippen LogP contribution in [-0.2, 0) is 13.0 Å². The molecule has 2 nitrogen and oxygen atoms in total. The van der Waals surface area contributed by atoms with Crippen LogP contribution in [0.2, 0.25) is 0 Å². The van der Waals surface area contributed by atoms with E-state index in [1.54, 1.807) is 0 Å². The highest BCUT2D eigenvalue weighted by atomic mass is 79.9. The minimum Gasteiger partial charge on any atom is -0.269 e. The van der Waals surface area contributed by atoms with Crippen molar-refractivity contribution in [2.75, 3.05) is 5.33 Å². The second-order valence-corrected chi connectivity index (χ2v) is 5.49. The monoisotopic (exact) mass is 286 g/mol. The Labute approximate surface area is 108 Å². The predicted octanol–water partition coefficient (Wildman–Crippen LogP) is 3.73. The van der Waals surface area contributed by atoms with Gasteiger partial charge in [-0.15, -0.1) is 0 Å². The van der Waals surface area contributed by atoms with Gasteiger partial charge in [0.05, 0.1) is 5.69 Å². The zero-order chi connectivity index (χ0) is 12.3.